The van der Waals surface area contributed by atoms with E-state index in [1.807, 2.05) is 43.1 Å². The zero-order valence-corrected chi connectivity index (χ0v) is 21.8. The summed E-state index contributed by atoms with van der Waals surface area (Å²) in [6, 6.07) is 7.59. The fourth-order valence-electron chi connectivity index (χ4n) is 5.14. The van der Waals surface area contributed by atoms with Crippen molar-refractivity contribution in [3.05, 3.63) is 34.9 Å². The molecule has 35 heavy (non-hydrogen) atoms. The van der Waals surface area contributed by atoms with E-state index >= 15 is 0 Å². The number of nitrogens with one attached hydrogen (secondary N) is 3. The maximum absolute atomic E-state index is 13.3. The maximum Gasteiger partial charge on any atom is 0.317 e. The predicted octanol–water partition coefficient (Wildman–Crippen LogP) is 3.36. The second-order valence-electron chi connectivity index (χ2n) is 9.61. The lowest BCUT2D eigenvalue weighted by atomic mass is 9.88. The molecule has 2 fully saturated rings. The van der Waals surface area contributed by atoms with E-state index in [-0.39, 0.29) is 36.6 Å². The second-order valence-corrected chi connectivity index (χ2v) is 10.0. The van der Waals surface area contributed by atoms with Gasteiger partial charge in [0.1, 0.15) is 6.61 Å². The van der Waals surface area contributed by atoms with Crippen LogP contribution in [0.15, 0.2) is 24.3 Å². The van der Waals surface area contributed by atoms with Gasteiger partial charge in [0.2, 0.25) is 5.91 Å². The first-order valence-electron chi connectivity index (χ1n) is 12.9. The van der Waals surface area contributed by atoms with E-state index in [9.17, 15) is 9.59 Å². The number of hydrogen-bond donors (Lipinski definition) is 3. The molecule has 1 aromatic rings. The van der Waals surface area contributed by atoms with Crippen molar-refractivity contribution in [3.8, 4) is 0 Å². The highest BCUT2D eigenvalue weighted by molar-refractivity contribution is 6.30. The molecule has 9 heteroatoms. The predicted molar refractivity (Wildman–Crippen MR) is 138 cm³/mol. The van der Waals surface area contributed by atoms with Crippen LogP contribution in [0.2, 0.25) is 5.02 Å². The average molecular weight is 509 g/mol. The highest BCUT2D eigenvalue weighted by Crippen LogP contribution is 2.34. The molecule has 0 unspecified atom stereocenters. The van der Waals surface area contributed by atoms with Crippen molar-refractivity contribution in [2.75, 3.05) is 53.0 Å². The van der Waals surface area contributed by atoms with E-state index in [0.717, 1.165) is 57.4 Å². The molecule has 2 heterocycles. The van der Waals surface area contributed by atoms with Gasteiger partial charge in [-0.05, 0) is 69.7 Å². The number of piperidine rings is 1. The number of ether oxygens (including phenoxy) is 2. The molecule has 3 amide bonds. The average Bonchev–Trinajstić information content (AvgIpc) is 2.85. The number of likely N-dealkylation sites (N-methyl/N-ethyl adjacent to an activating group) is 2. The fourth-order valence-corrected chi connectivity index (χ4v) is 5.34. The zero-order chi connectivity index (χ0) is 25.0. The minimum Gasteiger partial charge on any atom is -0.381 e. The lowest BCUT2D eigenvalue weighted by Gasteiger charge is -2.38. The van der Waals surface area contributed by atoms with E-state index in [4.69, 9.17) is 21.1 Å². The number of rotatable bonds is 11. The largest absolute Gasteiger partial charge is 0.381 e. The van der Waals surface area contributed by atoms with Crippen molar-refractivity contribution < 1.29 is 19.1 Å². The Hall–Kier alpha value is -1.87. The van der Waals surface area contributed by atoms with Crippen LogP contribution in [-0.2, 0) is 14.3 Å². The topological polar surface area (TPSA) is 91.9 Å². The standard InChI is InChI=1S/C26H41ClN4O4/c1-3-29-24(32)18-35-25(20-8-4-10-22(27)14-20)21-9-5-11-31(16-21)26(33)30-23(15-28-2)13-19-7-6-12-34-17-19/h4,8,10,14,19,21,23,25,28H,3,5-7,9,11-13,15-18H2,1-2H3,(H,29,32)(H,30,33)/t19-,21+,23-,25+/m1/s1. The number of hydrogen-bond acceptors (Lipinski definition) is 5. The Kier molecular flexibility index (Phi) is 11.6. The second kappa shape index (κ2) is 14.6. The van der Waals surface area contributed by atoms with Crippen molar-refractivity contribution in [3.63, 3.8) is 0 Å². The van der Waals surface area contributed by atoms with Gasteiger partial charge in [0.05, 0.1) is 6.10 Å². The summed E-state index contributed by atoms with van der Waals surface area (Å²) in [4.78, 5) is 27.3. The Morgan fingerprint density at radius 2 is 2.14 bits per heavy atom. The normalized spacial score (nSPS) is 22.3. The van der Waals surface area contributed by atoms with Crippen molar-refractivity contribution in [1.29, 1.82) is 0 Å². The van der Waals surface area contributed by atoms with Gasteiger partial charge in [0.15, 0.2) is 0 Å². The zero-order valence-electron chi connectivity index (χ0n) is 21.1. The molecule has 0 bridgehead atoms. The number of benzene rings is 1. The summed E-state index contributed by atoms with van der Waals surface area (Å²) in [5, 5.41) is 9.87. The Morgan fingerprint density at radius 3 is 2.86 bits per heavy atom. The van der Waals surface area contributed by atoms with Crippen molar-refractivity contribution in [2.24, 2.45) is 11.8 Å². The summed E-state index contributed by atoms with van der Waals surface area (Å²) in [7, 11) is 1.91. The molecule has 2 saturated heterocycles. The molecule has 0 aromatic heterocycles. The quantitative estimate of drug-likeness (QED) is 0.426. The van der Waals surface area contributed by atoms with Gasteiger partial charge in [-0.2, -0.15) is 0 Å². The number of amides is 3. The van der Waals surface area contributed by atoms with Crippen LogP contribution in [0.5, 0.6) is 0 Å². The molecule has 0 aliphatic carbocycles. The first kappa shape index (κ1) is 27.7. The highest BCUT2D eigenvalue weighted by atomic mass is 35.5. The third-order valence-electron chi connectivity index (χ3n) is 6.77. The lowest BCUT2D eigenvalue weighted by Crippen LogP contribution is -2.52. The Morgan fingerprint density at radius 1 is 1.29 bits per heavy atom. The Balaban J connectivity index is 1.64. The summed E-state index contributed by atoms with van der Waals surface area (Å²) in [5.41, 5.74) is 0.930. The molecular formula is C26H41ClN4O4. The minimum atomic E-state index is -0.320. The van der Waals surface area contributed by atoms with Gasteiger partial charge in [-0.15, -0.1) is 0 Å². The van der Waals surface area contributed by atoms with E-state index in [0.29, 0.717) is 30.6 Å². The number of carbonyl (C=O) groups excluding carboxylic acids is 2. The van der Waals surface area contributed by atoms with Crippen LogP contribution in [0.3, 0.4) is 0 Å². The molecule has 0 radical (unpaired) electrons. The van der Waals surface area contributed by atoms with Crippen LogP contribution in [0.4, 0.5) is 4.79 Å². The first-order chi connectivity index (χ1) is 17.0. The summed E-state index contributed by atoms with van der Waals surface area (Å²) >= 11 is 6.26. The highest BCUT2D eigenvalue weighted by Gasteiger charge is 2.32. The number of likely N-dealkylation sites (tertiary alicyclic amines) is 1. The van der Waals surface area contributed by atoms with Gasteiger partial charge >= 0.3 is 6.03 Å². The SMILES string of the molecule is CCNC(=O)CO[C@@H](c1cccc(Cl)c1)[C@H]1CCCN(C(=O)N[C@@H](CNC)C[C@H]2CCCOC2)C1. The first-order valence-corrected chi connectivity index (χ1v) is 13.3. The summed E-state index contributed by atoms with van der Waals surface area (Å²) in [5.74, 6) is 0.398. The van der Waals surface area contributed by atoms with Crippen LogP contribution < -0.4 is 16.0 Å². The Labute approximate surface area is 214 Å². The lowest BCUT2D eigenvalue weighted by molar-refractivity contribution is -0.129. The number of carbonyl (C=O) groups is 2. The molecule has 4 atom stereocenters. The smallest absolute Gasteiger partial charge is 0.317 e. The van der Waals surface area contributed by atoms with Gasteiger partial charge in [0.25, 0.3) is 0 Å². The minimum absolute atomic E-state index is 0.0264. The van der Waals surface area contributed by atoms with Crippen molar-refractivity contribution in [1.82, 2.24) is 20.9 Å². The number of nitrogens with zero attached hydrogens (tertiary/aromatic N) is 1. The molecule has 2 aliphatic rings. The van der Waals surface area contributed by atoms with Crippen LogP contribution in [0.1, 0.15) is 50.7 Å². The maximum atomic E-state index is 13.3. The fraction of sp³-hybridized carbons (Fsp3) is 0.692. The summed E-state index contributed by atoms with van der Waals surface area (Å²) < 4.78 is 11.8. The molecule has 3 rings (SSSR count). The van der Waals surface area contributed by atoms with Gasteiger partial charge in [-0.1, -0.05) is 23.7 Å². The van der Waals surface area contributed by atoms with Crippen LogP contribution >= 0.6 is 11.6 Å². The van der Waals surface area contributed by atoms with Gasteiger partial charge in [0, 0.05) is 56.4 Å². The summed E-state index contributed by atoms with van der Waals surface area (Å²) in [6.07, 6.45) is 4.61. The Bertz CT molecular complexity index is 805. The van der Waals surface area contributed by atoms with Crippen LogP contribution in [0.25, 0.3) is 0 Å². The van der Waals surface area contributed by atoms with Crippen LogP contribution in [0, 0.1) is 11.8 Å². The van der Waals surface area contributed by atoms with E-state index in [1.54, 1.807) is 0 Å². The molecule has 1 aromatic carbocycles. The summed E-state index contributed by atoms with van der Waals surface area (Å²) in [6.45, 7) is 6.02. The molecule has 0 spiro atoms. The molecule has 196 valence electrons. The molecule has 2 aliphatic heterocycles. The third kappa shape index (κ3) is 8.94. The van der Waals surface area contributed by atoms with E-state index in [2.05, 4.69) is 16.0 Å². The molecular weight excluding hydrogens is 468 g/mol. The number of urea groups is 1. The van der Waals surface area contributed by atoms with E-state index in [1.165, 1.54) is 0 Å². The van der Waals surface area contributed by atoms with Gasteiger partial charge in [-0.25, -0.2) is 4.79 Å². The molecule has 0 saturated carbocycles. The van der Waals surface area contributed by atoms with Gasteiger partial charge in [-0.3, -0.25) is 4.79 Å². The molecule has 8 nitrogen and oxygen atoms in total. The van der Waals surface area contributed by atoms with Crippen LogP contribution in [-0.4, -0.2) is 75.9 Å². The third-order valence-corrected chi connectivity index (χ3v) is 7.00. The van der Waals surface area contributed by atoms with Crippen molar-refractivity contribution in [2.45, 2.75) is 51.2 Å². The number of halogens is 1. The van der Waals surface area contributed by atoms with Gasteiger partial charge < -0.3 is 30.3 Å². The monoisotopic (exact) mass is 508 g/mol. The molecule has 3 N–H and O–H groups in total. The van der Waals surface area contributed by atoms with Crippen molar-refractivity contribution >= 4 is 23.5 Å². The van der Waals surface area contributed by atoms with E-state index < -0.39 is 0 Å².